The molecule has 1 aliphatic rings. The molecule has 2 aromatic rings. The lowest BCUT2D eigenvalue weighted by Gasteiger charge is -2.33. The standard InChI is InChI=1S/C19H15Cl2F4NO3/c20-13-2-1-3-14(21)12(13)9-28-8-10-7-26(4-5-29-10)19(27)11-6-15(22)17(24)18(25)16(11)23/h1-3,6,10H,4-5,7-9H2/t10-/m0/s1. The lowest BCUT2D eigenvalue weighted by molar-refractivity contribution is -0.0648. The molecule has 2 aromatic carbocycles. The third-order valence-electron chi connectivity index (χ3n) is 4.37. The lowest BCUT2D eigenvalue weighted by Crippen LogP contribution is -2.47. The zero-order valence-corrected chi connectivity index (χ0v) is 16.4. The van der Waals surface area contributed by atoms with Crippen LogP contribution in [-0.4, -0.2) is 43.2 Å². The number of benzene rings is 2. The zero-order chi connectivity index (χ0) is 21.1. The highest BCUT2D eigenvalue weighted by Crippen LogP contribution is 2.25. The van der Waals surface area contributed by atoms with E-state index in [2.05, 4.69) is 0 Å². The van der Waals surface area contributed by atoms with Gasteiger partial charge in [-0.15, -0.1) is 0 Å². The molecule has 1 amide bonds. The third-order valence-corrected chi connectivity index (χ3v) is 5.08. The Morgan fingerprint density at radius 1 is 1.14 bits per heavy atom. The van der Waals surface area contributed by atoms with E-state index in [0.29, 0.717) is 21.7 Å². The maximum Gasteiger partial charge on any atom is 0.257 e. The van der Waals surface area contributed by atoms with Crippen LogP contribution in [-0.2, 0) is 16.1 Å². The van der Waals surface area contributed by atoms with Crippen molar-refractivity contribution in [3.05, 3.63) is 68.7 Å². The van der Waals surface area contributed by atoms with Crippen molar-refractivity contribution in [2.75, 3.05) is 26.3 Å². The Hall–Kier alpha value is -1.87. The van der Waals surface area contributed by atoms with Gasteiger partial charge in [-0.2, -0.15) is 0 Å². The van der Waals surface area contributed by atoms with Gasteiger partial charge in [-0.1, -0.05) is 29.3 Å². The van der Waals surface area contributed by atoms with Gasteiger partial charge in [-0.05, 0) is 18.2 Å². The summed E-state index contributed by atoms with van der Waals surface area (Å²) in [5.74, 6) is -8.34. The molecule has 0 saturated carbocycles. The first-order valence-electron chi connectivity index (χ1n) is 8.54. The number of rotatable bonds is 5. The Morgan fingerprint density at radius 2 is 1.83 bits per heavy atom. The monoisotopic (exact) mass is 451 g/mol. The van der Waals surface area contributed by atoms with E-state index < -0.39 is 40.8 Å². The van der Waals surface area contributed by atoms with E-state index in [0.717, 1.165) is 4.90 Å². The van der Waals surface area contributed by atoms with E-state index in [9.17, 15) is 22.4 Å². The normalized spacial score (nSPS) is 16.9. The van der Waals surface area contributed by atoms with Crippen molar-refractivity contribution in [1.29, 1.82) is 0 Å². The maximum atomic E-state index is 13.9. The molecular weight excluding hydrogens is 437 g/mol. The largest absolute Gasteiger partial charge is 0.374 e. The SMILES string of the molecule is O=C(c1cc(F)c(F)c(F)c1F)N1CCO[C@H](COCc2c(Cl)cccc2Cl)C1. The van der Waals surface area contributed by atoms with Crippen LogP contribution in [0.2, 0.25) is 10.0 Å². The highest BCUT2D eigenvalue weighted by Gasteiger charge is 2.30. The molecule has 0 spiro atoms. The minimum atomic E-state index is -2.03. The summed E-state index contributed by atoms with van der Waals surface area (Å²) in [5, 5.41) is 0.879. The van der Waals surface area contributed by atoms with Crippen LogP contribution in [0, 0.1) is 23.3 Å². The van der Waals surface area contributed by atoms with Crippen molar-refractivity contribution >= 4 is 29.1 Å². The summed E-state index contributed by atoms with van der Waals surface area (Å²) in [7, 11) is 0. The molecule has 0 radical (unpaired) electrons. The van der Waals surface area contributed by atoms with Gasteiger partial charge < -0.3 is 14.4 Å². The van der Waals surface area contributed by atoms with Gasteiger partial charge in [0.2, 0.25) is 0 Å². The van der Waals surface area contributed by atoms with Crippen LogP contribution in [0.1, 0.15) is 15.9 Å². The molecule has 0 bridgehead atoms. The first-order valence-corrected chi connectivity index (χ1v) is 9.29. The minimum absolute atomic E-state index is 0.00482. The Balaban J connectivity index is 1.63. The quantitative estimate of drug-likeness (QED) is 0.378. The van der Waals surface area contributed by atoms with E-state index in [1.807, 2.05) is 0 Å². The topological polar surface area (TPSA) is 38.8 Å². The number of halogens is 6. The van der Waals surface area contributed by atoms with E-state index in [4.69, 9.17) is 32.7 Å². The fraction of sp³-hybridized carbons (Fsp3) is 0.316. The van der Waals surface area contributed by atoms with Gasteiger partial charge in [0, 0.05) is 28.7 Å². The van der Waals surface area contributed by atoms with Crippen molar-refractivity contribution < 1.29 is 31.8 Å². The van der Waals surface area contributed by atoms with Gasteiger partial charge >= 0.3 is 0 Å². The van der Waals surface area contributed by atoms with Crippen molar-refractivity contribution in [3.63, 3.8) is 0 Å². The second-order valence-electron chi connectivity index (χ2n) is 6.31. The maximum absolute atomic E-state index is 13.9. The minimum Gasteiger partial charge on any atom is -0.374 e. The highest BCUT2D eigenvalue weighted by atomic mass is 35.5. The van der Waals surface area contributed by atoms with E-state index >= 15 is 0 Å². The first kappa shape index (κ1) is 21.8. The molecule has 1 aliphatic heterocycles. The van der Waals surface area contributed by atoms with Gasteiger partial charge in [0.1, 0.15) is 0 Å². The van der Waals surface area contributed by atoms with E-state index in [1.165, 1.54) is 0 Å². The average Bonchev–Trinajstić information content (AvgIpc) is 2.71. The molecule has 10 heteroatoms. The van der Waals surface area contributed by atoms with E-state index in [-0.39, 0.29) is 32.9 Å². The van der Waals surface area contributed by atoms with Crippen LogP contribution in [0.25, 0.3) is 0 Å². The van der Waals surface area contributed by atoms with Crippen LogP contribution >= 0.6 is 23.2 Å². The second-order valence-corrected chi connectivity index (χ2v) is 7.12. The summed E-state index contributed by atoms with van der Waals surface area (Å²) < 4.78 is 64.9. The second kappa shape index (κ2) is 9.30. The summed E-state index contributed by atoms with van der Waals surface area (Å²) in [6.45, 7) is 0.358. The van der Waals surface area contributed by atoms with Crippen LogP contribution in [0.15, 0.2) is 24.3 Å². The first-order chi connectivity index (χ1) is 13.8. The van der Waals surface area contributed by atoms with E-state index in [1.54, 1.807) is 18.2 Å². The summed E-state index contributed by atoms with van der Waals surface area (Å²) in [6, 6.07) is 5.37. The molecule has 4 nitrogen and oxygen atoms in total. The molecule has 1 saturated heterocycles. The molecule has 0 unspecified atom stereocenters. The summed E-state index contributed by atoms with van der Waals surface area (Å²) in [6.07, 6.45) is -0.563. The Labute approximate surface area is 173 Å². The molecule has 1 heterocycles. The van der Waals surface area contributed by atoms with Gasteiger partial charge in [0.15, 0.2) is 23.3 Å². The zero-order valence-electron chi connectivity index (χ0n) is 14.9. The van der Waals surface area contributed by atoms with Crippen LogP contribution in [0.4, 0.5) is 17.6 Å². The third kappa shape index (κ3) is 4.83. The summed E-state index contributed by atoms with van der Waals surface area (Å²) >= 11 is 12.1. The number of carbonyl (C=O) groups excluding carboxylic acids is 1. The molecular formula is C19H15Cl2F4NO3. The van der Waals surface area contributed by atoms with Crippen molar-refractivity contribution in [1.82, 2.24) is 4.90 Å². The van der Waals surface area contributed by atoms with Gasteiger partial charge in [0.05, 0.1) is 31.5 Å². The molecule has 1 fully saturated rings. The smallest absolute Gasteiger partial charge is 0.257 e. The van der Waals surface area contributed by atoms with Crippen molar-refractivity contribution in [2.45, 2.75) is 12.7 Å². The number of ether oxygens (including phenoxy) is 2. The molecule has 0 N–H and O–H groups in total. The van der Waals surface area contributed by atoms with Gasteiger partial charge in [-0.3, -0.25) is 4.79 Å². The predicted molar refractivity (Wildman–Crippen MR) is 98.0 cm³/mol. The lowest BCUT2D eigenvalue weighted by atomic mass is 10.1. The summed E-state index contributed by atoms with van der Waals surface area (Å²) in [4.78, 5) is 13.6. The number of hydrogen-bond acceptors (Lipinski definition) is 3. The van der Waals surface area contributed by atoms with Crippen molar-refractivity contribution in [3.8, 4) is 0 Å². The van der Waals surface area contributed by atoms with Gasteiger partial charge in [0.25, 0.3) is 5.91 Å². The highest BCUT2D eigenvalue weighted by molar-refractivity contribution is 6.35. The Bertz CT molecular complexity index is 909. The number of morpholine rings is 1. The predicted octanol–water partition coefficient (Wildman–Crippen LogP) is 4.61. The Kier molecular flexibility index (Phi) is 7.00. The molecule has 0 aromatic heterocycles. The van der Waals surface area contributed by atoms with Crippen LogP contribution in [0.3, 0.4) is 0 Å². The van der Waals surface area contributed by atoms with Crippen LogP contribution < -0.4 is 0 Å². The average molecular weight is 452 g/mol. The molecule has 3 rings (SSSR count). The number of amides is 1. The number of nitrogens with zero attached hydrogens (tertiary/aromatic N) is 1. The fourth-order valence-corrected chi connectivity index (χ4v) is 3.37. The number of carbonyl (C=O) groups is 1. The van der Waals surface area contributed by atoms with Gasteiger partial charge in [-0.25, -0.2) is 17.6 Å². The molecule has 29 heavy (non-hydrogen) atoms. The molecule has 1 atom stereocenters. The number of hydrogen-bond donors (Lipinski definition) is 0. The fourth-order valence-electron chi connectivity index (χ4n) is 2.87. The Morgan fingerprint density at radius 3 is 2.52 bits per heavy atom. The molecule has 156 valence electrons. The summed E-state index contributed by atoms with van der Waals surface area (Å²) in [5.41, 5.74) is -0.287. The van der Waals surface area contributed by atoms with Crippen molar-refractivity contribution in [2.24, 2.45) is 0 Å². The molecule has 0 aliphatic carbocycles. The van der Waals surface area contributed by atoms with Crippen LogP contribution in [0.5, 0.6) is 0 Å².